The van der Waals surface area contributed by atoms with Gasteiger partial charge < -0.3 is 14.5 Å². The van der Waals surface area contributed by atoms with E-state index in [0.29, 0.717) is 5.82 Å². The van der Waals surface area contributed by atoms with Gasteiger partial charge in [-0.25, -0.2) is 0 Å². The number of para-hydroxylation sites is 3. The lowest BCUT2D eigenvalue weighted by Crippen LogP contribution is -2.26. The van der Waals surface area contributed by atoms with Crippen LogP contribution in [0.5, 0.6) is 5.75 Å². The number of hydrogen-bond donors (Lipinski definition) is 0. The van der Waals surface area contributed by atoms with Crippen molar-refractivity contribution in [3.8, 4) is 11.8 Å². The molecule has 0 saturated heterocycles. The van der Waals surface area contributed by atoms with E-state index in [1.165, 1.54) is 11.8 Å². The van der Waals surface area contributed by atoms with Crippen molar-refractivity contribution in [3.05, 3.63) is 59.9 Å². The molecule has 3 rings (SSSR count). The number of carbonyl (C=O) groups is 1. The average Bonchev–Trinajstić information content (AvgIpc) is 2.93. The number of carbonyl (C=O) groups excluding carboxylic acids is 1. The number of methoxy groups -OCH3 is 1. The molecular formula is C20H19N3O2S. The monoisotopic (exact) mass is 365 g/mol. The lowest BCUT2D eigenvalue weighted by molar-refractivity contribution is -0.112. The van der Waals surface area contributed by atoms with Crippen LogP contribution in [0.3, 0.4) is 0 Å². The summed E-state index contributed by atoms with van der Waals surface area (Å²) >= 11 is 1.37. The fraction of sp³-hybridized carbons (Fsp3) is 0.200. The molecule has 0 radical (unpaired) electrons. The molecule has 0 fully saturated rings. The predicted molar refractivity (Wildman–Crippen MR) is 105 cm³/mol. The smallest absolute Gasteiger partial charge is 0.187 e. The molecule has 0 atom stereocenters. The molecule has 0 N–H and O–H groups in total. The number of thioether (sulfide) groups is 1. The molecular weight excluding hydrogens is 346 g/mol. The Morgan fingerprint density at radius 2 is 1.65 bits per heavy atom. The van der Waals surface area contributed by atoms with E-state index in [2.05, 4.69) is 6.07 Å². The highest BCUT2D eigenvalue weighted by molar-refractivity contribution is 8.00. The summed E-state index contributed by atoms with van der Waals surface area (Å²) in [5.74, 6) is 1.30. The molecule has 1 heterocycles. The number of anilines is 2. The maximum Gasteiger partial charge on any atom is 0.187 e. The van der Waals surface area contributed by atoms with Gasteiger partial charge in [-0.05, 0) is 24.3 Å². The molecule has 0 amide bonds. The van der Waals surface area contributed by atoms with E-state index in [0.717, 1.165) is 22.0 Å². The van der Waals surface area contributed by atoms with Crippen molar-refractivity contribution in [1.29, 1.82) is 5.26 Å². The van der Waals surface area contributed by atoms with Crippen LogP contribution in [0.25, 0.3) is 0 Å². The Balaban J connectivity index is 1.86. The topological polar surface area (TPSA) is 56.6 Å². The first-order chi connectivity index (χ1) is 12.6. The van der Waals surface area contributed by atoms with Gasteiger partial charge in [0.1, 0.15) is 23.2 Å². The van der Waals surface area contributed by atoms with Gasteiger partial charge in [-0.1, -0.05) is 24.3 Å². The summed E-state index contributed by atoms with van der Waals surface area (Å²) in [5, 5.41) is 9.65. The summed E-state index contributed by atoms with van der Waals surface area (Å²) in [6, 6.07) is 17.5. The molecule has 0 aromatic heterocycles. The first kappa shape index (κ1) is 17.9. The quantitative estimate of drug-likeness (QED) is 0.458. The summed E-state index contributed by atoms with van der Waals surface area (Å²) in [5.41, 5.74) is 2.11. The van der Waals surface area contributed by atoms with Crippen molar-refractivity contribution in [3.63, 3.8) is 0 Å². The fourth-order valence-electron chi connectivity index (χ4n) is 3.01. The molecule has 6 heteroatoms. The van der Waals surface area contributed by atoms with Crippen LogP contribution in [-0.4, -0.2) is 32.7 Å². The van der Waals surface area contributed by atoms with Crippen LogP contribution >= 0.6 is 11.8 Å². The normalized spacial score (nSPS) is 12.6. The van der Waals surface area contributed by atoms with Crippen LogP contribution in [0.15, 0.2) is 64.8 Å². The minimum atomic E-state index is -0.204. The summed E-state index contributed by atoms with van der Waals surface area (Å²) in [4.78, 5) is 17.4. The number of Topliss-reactive ketones (excluding diaryl/α,β-unsaturated/α-hetero) is 1. The van der Waals surface area contributed by atoms with Crippen LogP contribution in [0.4, 0.5) is 11.4 Å². The predicted octanol–water partition coefficient (Wildman–Crippen LogP) is 3.68. The number of fused-ring (bicyclic) bond motifs is 1. The molecule has 5 nitrogen and oxygen atoms in total. The zero-order valence-corrected chi connectivity index (χ0v) is 15.7. The van der Waals surface area contributed by atoms with Crippen molar-refractivity contribution in [2.45, 2.75) is 4.90 Å². The standard InChI is InChI=1S/C20H19N3O2S/c1-22-15-8-4-5-9-16(15)23(2)20(22)14(12-21)17(24)13-26-19-11-7-6-10-18(19)25-3/h4-11H,13H2,1-3H3. The van der Waals surface area contributed by atoms with E-state index in [-0.39, 0.29) is 17.1 Å². The molecule has 2 aromatic rings. The van der Waals surface area contributed by atoms with Crippen molar-refractivity contribution in [2.24, 2.45) is 0 Å². The largest absolute Gasteiger partial charge is 0.496 e. The Bertz CT molecular complexity index is 886. The van der Waals surface area contributed by atoms with E-state index < -0.39 is 0 Å². The third-order valence-corrected chi connectivity index (χ3v) is 5.34. The zero-order valence-electron chi connectivity index (χ0n) is 14.9. The highest BCUT2D eigenvalue weighted by Gasteiger charge is 2.31. The highest BCUT2D eigenvalue weighted by atomic mass is 32.2. The number of benzene rings is 2. The molecule has 0 bridgehead atoms. The summed E-state index contributed by atoms with van der Waals surface area (Å²) in [7, 11) is 5.34. The van der Waals surface area contributed by atoms with Crippen molar-refractivity contribution < 1.29 is 9.53 Å². The van der Waals surface area contributed by atoms with E-state index in [1.54, 1.807) is 7.11 Å². The third kappa shape index (κ3) is 3.14. The number of allylic oxidation sites excluding steroid dienone is 1. The van der Waals surface area contributed by atoms with Gasteiger partial charge in [0.15, 0.2) is 5.78 Å². The van der Waals surface area contributed by atoms with Crippen molar-refractivity contribution in [2.75, 3.05) is 36.8 Å². The second kappa shape index (κ2) is 7.54. The van der Waals surface area contributed by atoms with Crippen LogP contribution < -0.4 is 14.5 Å². The van der Waals surface area contributed by atoms with Gasteiger partial charge in [0, 0.05) is 19.0 Å². The maximum absolute atomic E-state index is 12.8. The van der Waals surface area contributed by atoms with Gasteiger partial charge in [0.25, 0.3) is 0 Å². The number of nitrogens with zero attached hydrogens (tertiary/aromatic N) is 3. The van der Waals surface area contributed by atoms with E-state index in [9.17, 15) is 10.1 Å². The maximum atomic E-state index is 12.8. The number of ether oxygens (including phenoxy) is 1. The van der Waals surface area contributed by atoms with Gasteiger partial charge in [0.2, 0.25) is 0 Å². The Hall–Kier alpha value is -2.91. The molecule has 1 aliphatic heterocycles. The first-order valence-electron chi connectivity index (χ1n) is 8.08. The SMILES string of the molecule is COc1ccccc1SCC(=O)C(C#N)=C1N(C)c2ccccc2N1C. The van der Waals surface area contributed by atoms with Crippen LogP contribution in [0.1, 0.15) is 0 Å². The molecule has 0 unspecified atom stereocenters. The van der Waals surface area contributed by atoms with Gasteiger partial charge in [-0.3, -0.25) is 4.79 Å². The summed E-state index contributed by atoms with van der Waals surface area (Å²) < 4.78 is 5.32. The molecule has 1 aliphatic rings. The molecule has 132 valence electrons. The molecule has 2 aromatic carbocycles. The Kier molecular flexibility index (Phi) is 5.19. The number of nitriles is 1. The number of hydrogen-bond acceptors (Lipinski definition) is 6. The van der Waals surface area contributed by atoms with E-state index >= 15 is 0 Å². The van der Waals surface area contributed by atoms with Crippen LogP contribution in [0, 0.1) is 11.3 Å². The highest BCUT2D eigenvalue weighted by Crippen LogP contribution is 2.40. The second-order valence-electron chi connectivity index (χ2n) is 5.78. The van der Waals surface area contributed by atoms with Crippen molar-refractivity contribution >= 4 is 28.9 Å². The lowest BCUT2D eigenvalue weighted by Gasteiger charge is -2.20. The van der Waals surface area contributed by atoms with E-state index in [4.69, 9.17) is 4.74 Å². The van der Waals surface area contributed by atoms with E-state index in [1.807, 2.05) is 72.4 Å². The Morgan fingerprint density at radius 3 is 2.23 bits per heavy atom. The Morgan fingerprint density at radius 1 is 1.08 bits per heavy atom. The molecule has 0 spiro atoms. The minimum absolute atomic E-state index is 0.161. The zero-order chi connectivity index (χ0) is 18.7. The van der Waals surface area contributed by atoms with Crippen molar-refractivity contribution in [1.82, 2.24) is 0 Å². The van der Waals surface area contributed by atoms with Gasteiger partial charge in [-0.2, -0.15) is 5.26 Å². The lowest BCUT2D eigenvalue weighted by atomic mass is 10.2. The number of rotatable bonds is 5. The third-order valence-electron chi connectivity index (χ3n) is 4.28. The van der Waals surface area contributed by atoms with Crippen LogP contribution in [-0.2, 0) is 4.79 Å². The van der Waals surface area contributed by atoms with Gasteiger partial charge >= 0.3 is 0 Å². The van der Waals surface area contributed by atoms with Gasteiger partial charge in [-0.15, -0.1) is 11.8 Å². The second-order valence-corrected chi connectivity index (χ2v) is 6.80. The number of ketones is 1. The minimum Gasteiger partial charge on any atom is -0.496 e. The molecule has 26 heavy (non-hydrogen) atoms. The molecule has 0 saturated carbocycles. The Labute approximate surface area is 157 Å². The summed E-state index contributed by atoms with van der Waals surface area (Å²) in [6.45, 7) is 0. The average molecular weight is 365 g/mol. The molecule has 0 aliphatic carbocycles. The van der Waals surface area contributed by atoms with Crippen LogP contribution in [0.2, 0.25) is 0 Å². The van der Waals surface area contributed by atoms with Gasteiger partial charge in [0.05, 0.1) is 24.2 Å². The fourth-order valence-corrected chi connectivity index (χ4v) is 3.91. The first-order valence-corrected chi connectivity index (χ1v) is 9.07. The summed E-state index contributed by atoms with van der Waals surface area (Å²) in [6.07, 6.45) is 0.